The van der Waals surface area contributed by atoms with Crippen LogP contribution in [-0.2, 0) is 6.54 Å². The molecule has 0 radical (unpaired) electrons. The lowest BCUT2D eigenvalue weighted by molar-refractivity contribution is 0.271. The van der Waals surface area contributed by atoms with Crippen LogP contribution in [0.3, 0.4) is 0 Å². The summed E-state index contributed by atoms with van der Waals surface area (Å²) < 4.78 is 1.17. The maximum Gasteiger partial charge on any atom is 0.0424 e. The lowest BCUT2D eigenvalue weighted by Crippen LogP contribution is -2.46. The first-order valence-corrected chi connectivity index (χ1v) is 8.00. The number of anilines is 1. The molecule has 0 spiro atoms. The second-order valence-corrected chi connectivity index (χ2v) is 5.89. The SMILES string of the molecule is CCNCc1ccc(Br)cc1N1CCN(CC)CC1. The van der Waals surface area contributed by atoms with Gasteiger partial charge in [0.2, 0.25) is 0 Å². The molecule has 106 valence electrons. The van der Waals surface area contributed by atoms with E-state index in [1.807, 2.05) is 0 Å². The van der Waals surface area contributed by atoms with E-state index in [9.17, 15) is 0 Å². The second kappa shape index (κ2) is 7.27. The van der Waals surface area contributed by atoms with Gasteiger partial charge in [0.25, 0.3) is 0 Å². The molecule has 0 saturated carbocycles. The van der Waals surface area contributed by atoms with Gasteiger partial charge in [-0.3, -0.25) is 0 Å². The van der Waals surface area contributed by atoms with E-state index in [1.165, 1.54) is 28.8 Å². The number of nitrogens with one attached hydrogen (secondary N) is 1. The van der Waals surface area contributed by atoms with E-state index in [4.69, 9.17) is 0 Å². The van der Waals surface area contributed by atoms with Gasteiger partial charge < -0.3 is 15.1 Å². The third-order valence-electron chi connectivity index (χ3n) is 3.77. The Kier molecular flexibility index (Phi) is 5.67. The van der Waals surface area contributed by atoms with Crippen molar-refractivity contribution in [3.63, 3.8) is 0 Å². The summed E-state index contributed by atoms with van der Waals surface area (Å²) in [7, 11) is 0. The van der Waals surface area contributed by atoms with Crippen molar-refractivity contribution in [1.29, 1.82) is 0 Å². The Morgan fingerprint density at radius 2 is 1.89 bits per heavy atom. The minimum Gasteiger partial charge on any atom is -0.369 e. The molecule has 0 unspecified atom stereocenters. The maximum atomic E-state index is 3.60. The molecule has 1 fully saturated rings. The first-order chi connectivity index (χ1) is 9.24. The predicted molar refractivity (Wildman–Crippen MR) is 85.8 cm³/mol. The van der Waals surface area contributed by atoms with Crippen LogP contribution >= 0.6 is 15.9 Å². The fraction of sp³-hybridized carbons (Fsp3) is 0.600. The zero-order valence-electron chi connectivity index (χ0n) is 12.0. The van der Waals surface area contributed by atoms with Gasteiger partial charge in [-0.25, -0.2) is 0 Å². The number of piperazine rings is 1. The lowest BCUT2D eigenvalue weighted by atomic mass is 10.1. The molecule has 1 aromatic carbocycles. The first-order valence-electron chi connectivity index (χ1n) is 7.21. The monoisotopic (exact) mass is 325 g/mol. The van der Waals surface area contributed by atoms with Gasteiger partial charge in [-0.1, -0.05) is 35.8 Å². The molecule has 1 aromatic rings. The molecule has 1 aliphatic rings. The summed E-state index contributed by atoms with van der Waals surface area (Å²) in [5.41, 5.74) is 2.78. The third kappa shape index (κ3) is 3.94. The number of likely N-dealkylation sites (N-methyl/N-ethyl adjacent to an activating group) is 1. The molecule has 1 aliphatic heterocycles. The number of benzene rings is 1. The van der Waals surface area contributed by atoms with Crippen LogP contribution < -0.4 is 10.2 Å². The quantitative estimate of drug-likeness (QED) is 0.898. The number of halogens is 1. The summed E-state index contributed by atoms with van der Waals surface area (Å²) >= 11 is 3.60. The summed E-state index contributed by atoms with van der Waals surface area (Å²) in [5, 5.41) is 3.43. The summed E-state index contributed by atoms with van der Waals surface area (Å²) in [6, 6.07) is 6.63. The maximum absolute atomic E-state index is 3.60. The van der Waals surface area contributed by atoms with Crippen molar-refractivity contribution in [2.24, 2.45) is 0 Å². The lowest BCUT2D eigenvalue weighted by Gasteiger charge is -2.36. The topological polar surface area (TPSA) is 18.5 Å². The van der Waals surface area contributed by atoms with Gasteiger partial charge in [0.05, 0.1) is 0 Å². The highest BCUT2D eigenvalue weighted by molar-refractivity contribution is 9.10. The van der Waals surface area contributed by atoms with Crippen molar-refractivity contribution in [2.45, 2.75) is 20.4 Å². The van der Waals surface area contributed by atoms with Crippen molar-refractivity contribution in [3.8, 4) is 0 Å². The number of rotatable bonds is 5. The largest absolute Gasteiger partial charge is 0.369 e. The highest BCUT2D eigenvalue weighted by Crippen LogP contribution is 2.26. The molecule has 1 saturated heterocycles. The molecule has 0 atom stereocenters. The van der Waals surface area contributed by atoms with Gasteiger partial charge in [-0.2, -0.15) is 0 Å². The van der Waals surface area contributed by atoms with E-state index < -0.39 is 0 Å². The minimum atomic E-state index is 0.951. The fourth-order valence-corrected chi connectivity index (χ4v) is 2.89. The summed E-state index contributed by atoms with van der Waals surface area (Å²) in [5.74, 6) is 0. The van der Waals surface area contributed by atoms with Gasteiger partial charge in [0.1, 0.15) is 0 Å². The van der Waals surface area contributed by atoms with Crippen LogP contribution in [0.15, 0.2) is 22.7 Å². The van der Waals surface area contributed by atoms with E-state index in [0.717, 1.165) is 32.7 Å². The zero-order valence-corrected chi connectivity index (χ0v) is 13.5. The Morgan fingerprint density at radius 3 is 2.53 bits per heavy atom. The van der Waals surface area contributed by atoms with Crippen LogP contribution in [0.1, 0.15) is 19.4 Å². The third-order valence-corrected chi connectivity index (χ3v) is 4.27. The van der Waals surface area contributed by atoms with Crippen molar-refractivity contribution < 1.29 is 0 Å². The Bertz CT molecular complexity index is 400. The highest BCUT2D eigenvalue weighted by atomic mass is 79.9. The molecular weight excluding hydrogens is 302 g/mol. The standard InChI is InChI=1S/C15H24BrN3/c1-3-17-12-13-5-6-14(16)11-15(13)19-9-7-18(4-2)8-10-19/h5-6,11,17H,3-4,7-10,12H2,1-2H3. The zero-order chi connectivity index (χ0) is 13.7. The van der Waals surface area contributed by atoms with Gasteiger partial charge in [-0.15, -0.1) is 0 Å². The number of hydrogen-bond donors (Lipinski definition) is 1. The Morgan fingerprint density at radius 1 is 1.16 bits per heavy atom. The average molecular weight is 326 g/mol. The Hall–Kier alpha value is -0.580. The Balaban J connectivity index is 2.11. The molecule has 2 rings (SSSR count). The molecule has 0 aliphatic carbocycles. The van der Waals surface area contributed by atoms with E-state index >= 15 is 0 Å². The van der Waals surface area contributed by atoms with E-state index in [0.29, 0.717) is 0 Å². The molecule has 3 nitrogen and oxygen atoms in total. The fourth-order valence-electron chi connectivity index (χ4n) is 2.55. The molecule has 1 heterocycles. The molecule has 4 heteroatoms. The van der Waals surface area contributed by atoms with Crippen LogP contribution in [0.4, 0.5) is 5.69 Å². The van der Waals surface area contributed by atoms with Crippen molar-refractivity contribution >= 4 is 21.6 Å². The van der Waals surface area contributed by atoms with Gasteiger partial charge >= 0.3 is 0 Å². The minimum absolute atomic E-state index is 0.951. The summed E-state index contributed by atoms with van der Waals surface area (Å²) in [4.78, 5) is 5.03. The van der Waals surface area contributed by atoms with Crippen LogP contribution in [0.2, 0.25) is 0 Å². The van der Waals surface area contributed by atoms with Crippen molar-refractivity contribution in [2.75, 3.05) is 44.2 Å². The highest BCUT2D eigenvalue weighted by Gasteiger charge is 2.18. The molecule has 0 bridgehead atoms. The molecular formula is C15H24BrN3. The van der Waals surface area contributed by atoms with Crippen LogP contribution in [0, 0.1) is 0 Å². The summed E-state index contributed by atoms with van der Waals surface area (Å²) in [6.07, 6.45) is 0. The number of hydrogen-bond acceptors (Lipinski definition) is 3. The van der Waals surface area contributed by atoms with E-state index in [2.05, 4.69) is 63.1 Å². The van der Waals surface area contributed by atoms with Gasteiger partial charge in [0, 0.05) is 42.9 Å². The van der Waals surface area contributed by atoms with Crippen molar-refractivity contribution in [1.82, 2.24) is 10.2 Å². The van der Waals surface area contributed by atoms with Gasteiger partial charge in [0.15, 0.2) is 0 Å². The molecule has 1 N–H and O–H groups in total. The smallest absolute Gasteiger partial charge is 0.0424 e. The van der Waals surface area contributed by atoms with E-state index in [-0.39, 0.29) is 0 Å². The number of nitrogens with zero attached hydrogens (tertiary/aromatic N) is 2. The van der Waals surface area contributed by atoms with Crippen molar-refractivity contribution in [3.05, 3.63) is 28.2 Å². The molecule has 0 aromatic heterocycles. The second-order valence-electron chi connectivity index (χ2n) is 4.97. The first kappa shape index (κ1) is 14.8. The van der Waals surface area contributed by atoms with Crippen LogP contribution in [0.5, 0.6) is 0 Å². The van der Waals surface area contributed by atoms with E-state index in [1.54, 1.807) is 0 Å². The van der Waals surface area contributed by atoms with Crippen LogP contribution in [0.25, 0.3) is 0 Å². The molecule has 0 amide bonds. The summed E-state index contributed by atoms with van der Waals surface area (Å²) in [6.45, 7) is 12.1. The Labute approximate surface area is 125 Å². The average Bonchev–Trinajstić information content (AvgIpc) is 2.46. The van der Waals surface area contributed by atoms with Gasteiger partial charge in [-0.05, 0) is 30.8 Å². The van der Waals surface area contributed by atoms with Crippen LogP contribution in [-0.4, -0.2) is 44.2 Å². The molecule has 19 heavy (non-hydrogen) atoms. The normalized spacial score (nSPS) is 16.9. The predicted octanol–water partition coefficient (Wildman–Crippen LogP) is 2.70.